The molecular weight excluding hydrogens is 320 g/mol. The first-order chi connectivity index (χ1) is 11.7. The van der Waals surface area contributed by atoms with E-state index in [1.165, 1.54) is 0 Å². The third-order valence-electron chi connectivity index (χ3n) is 3.96. The lowest BCUT2D eigenvalue weighted by Crippen LogP contribution is -2.02. The minimum atomic E-state index is -0.0511. The fourth-order valence-electron chi connectivity index (χ4n) is 2.83. The van der Waals surface area contributed by atoms with Crippen molar-refractivity contribution in [3.05, 3.63) is 89.1 Å². The zero-order valence-corrected chi connectivity index (χ0v) is 13.4. The third kappa shape index (κ3) is 2.49. The van der Waals surface area contributed by atoms with Gasteiger partial charge in [0.05, 0.1) is 17.0 Å². The summed E-state index contributed by atoms with van der Waals surface area (Å²) >= 11 is 5.94. The van der Waals surface area contributed by atoms with Crippen LogP contribution in [0.4, 0.5) is 0 Å². The van der Waals surface area contributed by atoms with Gasteiger partial charge in [-0.25, -0.2) is 0 Å². The van der Waals surface area contributed by atoms with Crippen molar-refractivity contribution in [2.45, 2.75) is 0 Å². The SMILES string of the molecule is O=C(c1ccc(Cl)cc1)c1c(-c2ccccn2)[nH]c2ccccc12. The standard InChI is InChI=1S/C20H13ClN2O/c21-14-10-8-13(9-11-14)20(24)18-15-5-1-2-6-16(15)23-19(18)17-7-3-4-12-22-17/h1-12,23H. The molecular formula is C20H13ClN2O. The summed E-state index contributed by atoms with van der Waals surface area (Å²) < 4.78 is 0. The number of ketones is 1. The Morgan fingerprint density at radius 3 is 2.42 bits per heavy atom. The number of aromatic amines is 1. The van der Waals surface area contributed by atoms with Crippen molar-refractivity contribution >= 4 is 28.3 Å². The van der Waals surface area contributed by atoms with E-state index in [4.69, 9.17) is 11.6 Å². The Labute approximate surface area is 143 Å². The average molecular weight is 333 g/mol. The van der Waals surface area contributed by atoms with Crippen LogP contribution in [0, 0.1) is 0 Å². The number of hydrogen-bond acceptors (Lipinski definition) is 2. The van der Waals surface area contributed by atoms with Gasteiger partial charge in [-0.3, -0.25) is 9.78 Å². The molecule has 2 aromatic heterocycles. The number of benzene rings is 2. The summed E-state index contributed by atoms with van der Waals surface area (Å²) in [5, 5.41) is 1.49. The van der Waals surface area contributed by atoms with Crippen LogP contribution in [0.5, 0.6) is 0 Å². The predicted molar refractivity (Wildman–Crippen MR) is 96.4 cm³/mol. The van der Waals surface area contributed by atoms with Gasteiger partial charge in [0, 0.05) is 27.7 Å². The topological polar surface area (TPSA) is 45.8 Å². The Morgan fingerprint density at radius 2 is 1.67 bits per heavy atom. The summed E-state index contributed by atoms with van der Waals surface area (Å²) in [5.41, 5.74) is 3.62. The number of nitrogens with one attached hydrogen (secondary N) is 1. The van der Waals surface area contributed by atoms with E-state index in [1.807, 2.05) is 42.5 Å². The van der Waals surface area contributed by atoms with Gasteiger partial charge in [-0.15, -0.1) is 0 Å². The zero-order valence-electron chi connectivity index (χ0n) is 12.7. The van der Waals surface area contributed by atoms with Crippen LogP contribution in [0.15, 0.2) is 72.9 Å². The highest BCUT2D eigenvalue weighted by Gasteiger charge is 2.21. The molecule has 4 rings (SSSR count). The summed E-state index contributed by atoms with van der Waals surface area (Å²) in [6.45, 7) is 0. The maximum absolute atomic E-state index is 13.1. The quantitative estimate of drug-likeness (QED) is 0.529. The summed E-state index contributed by atoms with van der Waals surface area (Å²) in [6.07, 6.45) is 1.72. The van der Waals surface area contributed by atoms with Crippen molar-refractivity contribution in [1.29, 1.82) is 0 Å². The molecule has 0 aliphatic carbocycles. The van der Waals surface area contributed by atoms with Crippen LogP contribution in [0.25, 0.3) is 22.3 Å². The highest BCUT2D eigenvalue weighted by Crippen LogP contribution is 2.31. The number of fused-ring (bicyclic) bond motifs is 1. The van der Waals surface area contributed by atoms with Crippen LogP contribution < -0.4 is 0 Å². The van der Waals surface area contributed by atoms with Crippen LogP contribution in [-0.4, -0.2) is 15.8 Å². The molecule has 1 N–H and O–H groups in total. The molecule has 0 radical (unpaired) electrons. The summed E-state index contributed by atoms with van der Waals surface area (Å²) in [7, 11) is 0. The molecule has 2 heterocycles. The molecule has 0 fully saturated rings. The van der Waals surface area contributed by atoms with Crippen LogP contribution in [0.3, 0.4) is 0 Å². The molecule has 2 aromatic carbocycles. The molecule has 0 aliphatic rings. The van der Waals surface area contributed by atoms with Gasteiger partial charge in [0.1, 0.15) is 0 Å². The summed E-state index contributed by atoms with van der Waals surface area (Å²) in [4.78, 5) is 20.9. The summed E-state index contributed by atoms with van der Waals surface area (Å²) in [5.74, 6) is -0.0511. The van der Waals surface area contributed by atoms with E-state index in [1.54, 1.807) is 30.5 Å². The molecule has 3 nitrogen and oxygen atoms in total. The minimum Gasteiger partial charge on any atom is -0.353 e. The Balaban J connectivity index is 1.96. The first-order valence-corrected chi connectivity index (χ1v) is 7.94. The number of aromatic nitrogens is 2. The van der Waals surface area contributed by atoms with Gasteiger partial charge in [-0.1, -0.05) is 35.9 Å². The van der Waals surface area contributed by atoms with Crippen molar-refractivity contribution < 1.29 is 4.79 Å². The van der Waals surface area contributed by atoms with Gasteiger partial charge in [-0.05, 0) is 42.5 Å². The maximum atomic E-state index is 13.1. The highest BCUT2D eigenvalue weighted by atomic mass is 35.5. The number of rotatable bonds is 3. The molecule has 0 amide bonds. The van der Waals surface area contributed by atoms with Crippen molar-refractivity contribution in [3.8, 4) is 11.4 Å². The van der Waals surface area contributed by atoms with Gasteiger partial charge in [-0.2, -0.15) is 0 Å². The Bertz CT molecular complexity index is 1020. The highest BCUT2D eigenvalue weighted by molar-refractivity contribution is 6.30. The predicted octanol–water partition coefficient (Wildman–Crippen LogP) is 5.11. The Morgan fingerprint density at radius 1 is 0.917 bits per heavy atom. The van der Waals surface area contributed by atoms with Gasteiger partial charge in [0.15, 0.2) is 5.78 Å². The van der Waals surface area contributed by atoms with Crippen molar-refractivity contribution in [2.75, 3.05) is 0 Å². The second-order valence-electron chi connectivity index (χ2n) is 5.47. The van der Waals surface area contributed by atoms with E-state index in [0.29, 0.717) is 16.1 Å². The maximum Gasteiger partial charge on any atom is 0.195 e. The molecule has 4 heteroatoms. The molecule has 0 atom stereocenters. The lowest BCUT2D eigenvalue weighted by Gasteiger charge is -2.04. The summed E-state index contributed by atoms with van der Waals surface area (Å²) in [6, 6.07) is 20.4. The molecule has 0 saturated carbocycles. The fraction of sp³-hybridized carbons (Fsp3) is 0. The van der Waals surface area contributed by atoms with Crippen LogP contribution >= 0.6 is 11.6 Å². The fourth-order valence-corrected chi connectivity index (χ4v) is 2.95. The Hall–Kier alpha value is -2.91. The number of halogens is 1. The van der Waals surface area contributed by atoms with Crippen LogP contribution in [-0.2, 0) is 0 Å². The number of pyridine rings is 1. The zero-order chi connectivity index (χ0) is 16.5. The molecule has 116 valence electrons. The second-order valence-corrected chi connectivity index (χ2v) is 5.91. The van der Waals surface area contributed by atoms with Crippen molar-refractivity contribution in [1.82, 2.24) is 9.97 Å². The number of carbonyl (C=O) groups is 1. The lowest BCUT2D eigenvalue weighted by atomic mass is 9.99. The monoisotopic (exact) mass is 332 g/mol. The Kier molecular flexibility index (Phi) is 3.63. The molecule has 0 saturated heterocycles. The normalized spacial score (nSPS) is 10.9. The van der Waals surface area contributed by atoms with E-state index in [0.717, 1.165) is 22.3 Å². The van der Waals surface area contributed by atoms with Gasteiger partial charge < -0.3 is 4.98 Å². The number of carbonyl (C=O) groups excluding carboxylic acids is 1. The van der Waals surface area contributed by atoms with Gasteiger partial charge in [0.25, 0.3) is 0 Å². The molecule has 0 bridgehead atoms. The second kappa shape index (κ2) is 5.95. The van der Waals surface area contributed by atoms with E-state index in [9.17, 15) is 4.79 Å². The van der Waals surface area contributed by atoms with E-state index in [-0.39, 0.29) is 5.78 Å². The van der Waals surface area contributed by atoms with Crippen LogP contribution in [0.2, 0.25) is 5.02 Å². The van der Waals surface area contributed by atoms with Crippen molar-refractivity contribution in [3.63, 3.8) is 0 Å². The van der Waals surface area contributed by atoms with E-state index >= 15 is 0 Å². The van der Waals surface area contributed by atoms with Gasteiger partial charge >= 0.3 is 0 Å². The van der Waals surface area contributed by atoms with Gasteiger partial charge in [0.2, 0.25) is 0 Å². The lowest BCUT2D eigenvalue weighted by molar-refractivity contribution is 0.104. The molecule has 24 heavy (non-hydrogen) atoms. The minimum absolute atomic E-state index is 0.0511. The van der Waals surface area contributed by atoms with E-state index < -0.39 is 0 Å². The largest absolute Gasteiger partial charge is 0.353 e. The number of nitrogens with zero attached hydrogens (tertiary/aromatic N) is 1. The number of H-pyrrole nitrogens is 1. The molecule has 0 spiro atoms. The third-order valence-corrected chi connectivity index (χ3v) is 4.21. The molecule has 0 aliphatic heterocycles. The molecule has 4 aromatic rings. The van der Waals surface area contributed by atoms with E-state index in [2.05, 4.69) is 9.97 Å². The van der Waals surface area contributed by atoms with Crippen molar-refractivity contribution in [2.24, 2.45) is 0 Å². The average Bonchev–Trinajstić information content (AvgIpc) is 3.02. The first-order valence-electron chi connectivity index (χ1n) is 7.56. The number of para-hydroxylation sites is 1. The number of hydrogen-bond donors (Lipinski definition) is 1. The van der Waals surface area contributed by atoms with Crippen LogP contribution in [0.1, 0.15) is 15.9 Å². The molecule has 0 unspecified atom stereocenters. The first kappa shape index (κ1) is 14.7. The smallest absolute Gasteiger partial charge is 0.195 e.